The lowest BCUT2D eigenvalue weighted by Gasteiger charge is -2.13. The number of amides is 1. The largest absolute Gasteiger partial charge is 0.489 e. The lowest BCUT2D eigenvalue weighted by Crippen LogP contribution is -2.30. The average molecular weight is 535 g/mol. The Labute approximate surface area is 233 Å². The molecular formula is C32H30N4O2S. The summed E-state index contributed by atoms with van der Waals surface area (Å²) in [5.74, 6) is 0.658. The van der Waals surface area contributed by atoms with Crippen molar-refractivity contribution in [1.29, 1.82) is 5.26 Å². The second kappa shape index (κ2) is 11.5. The summed E-state index contributed by atoms with van der Waals surface area (Å²) < 4.78 is 8.10. The van der Waals surface area contributed by atoms with Crippen LogP contribution in [-0.4, -0.2) is 16.0 Å². The zero-order valence-electron chi connectivity index (χ0n) is 22.2. The lowest BCUT2D eigenvalue weighted by atomic mass is 10.1. The molecule has 0 spiro atoms. The molecule has 1 aliphatic rings. The monoisotopic (exact) mass is 534 g/mol. The number of nitrogens with one attached hydrogen (secondary N) is 2. The molecule has 3 aromatic carbocycles. The van der Waals surface area contributed by atoms with Crippen molar-refractivity contribution in [2.75, 3.05) is 5.32 Å². The van der Waals surface area contributed by atoms with Gasteiger partial charge in [-0.25, -0.2) is 0 Å². The summed E-state index contributed by atoms with van der Waals surface area (Å²) in [6.45, 7) is 6.59. The Kier molecular flexibility index (Phi) is 7.76. The molecule has 0 aliphatic carbocycles. The van der Waals surface area contributed by atoms with E-state index in [2.05, 4.69) is 60.2 Å². The molecular weight excluding hydrogens is 504 g/mol. The summed E-state index contributed by atoms with van der Waals surface area (Å²) in [6.07, 6.45) is 2.96. The van der Waals surface area contributed by atoms with Gasteiger partial charge in [0.05, 0.1) is 16.5 Å². The van der Waals surface area contributed by atoms with E-state index in [9.17, 15) is 10.1 Å². The van der Waals surface area contributed by atoms with Crippen molar-refractivity contribution in [3.8, 4) is 17.5 Å². The Hall–Kier alpha value is -4.41. The van der Waals surface area contributed by atoms with Crippen LogP contribution in [0, 0.1) is 25.2 Å². The van der Waals surface area contributed by atoms with Gasteiger partial charge in [-0.15, -0.1) is 0 Å². The van der Waals surface area contributed by atoms with Crippen molar-refractivity contribution in [3.05, 3.63) is 117 Å². The maximum atomic E-state index is 12.7. The number of ether oxygens (including phenoxy) is 1. The van der Waals surface area contributed by atoms with E-state index in [0.717, 1.165) is 46.1 Å². The Morgan fingerprint density at radius 2 is 1.82 bits per heavy atom. The number of nitrogens with zero attached hydrogens (tertiary/aromatic N) is 2. The van der Waals surface area contributed by atoms with Crippen molar-refractivity contribution >= 4 is 29.4 Å². The van der Waals surface area contributed by atoms with Crippen LogP contribution in [0.2, 0.25) is 0 Å². The van der Waals surface area contributed by atoms with Crippen molar-refractivity contribution in [1.82, 2.24) is 9.88 Å². The predicted molar refractivity (Wildman–Crippen MR) is 158 cm³/mol. The SMILES string of the molecule is CCc1ccc(N[C@@H]2NC(=O)/C(=C/c3cc(C)n(-c4ccc(OCc5ccccc5C#N)cc4)c3C)S2)cc1. The van der Waals surface area contributed by atoms with Crippen LogP contribution in [-0.2, 0) is 17.8 Å². The van der Waals surface area contributed by atoms with E-state index in [-0.39, 0.29) is 11.4 Å². The molecule has 0 unspecified atom stereocenters. The third-order valence-electron chi connectivity index (χ3n) is 6.77. The molecule has 6 nitrogen and oxygen atoms in total. The van der Waals surface area contributed by atoms with Crippen LogP contribution < -0.4 is 15.4 Å². The molecule has 2 N–H and O–H groups in total. The fraction of sp³-hybridized carbons (Fsp3) is 0.188. The van der Waals surface area contributed by atoms with Crippen LogP contribution in [0.3, 0.4) is 0 Å². The standard InChI is InChI=1S/C32H30N4O2S/c1-4-23-9-11-27(12-10-23)34-32-35-31(37)30(39-32)18-26-17-21(2)36(22(26)3)28-13-15-29(16-14-28)38-20-25-8-6-5-7-24(25)19-33/h5-18,32,34H,4,20H2,1-3H3,(H,35,37)/b30-18-/t32-/m1/s1. The number of carbonyl (C=O) groups is 1. The summed E-state index contributed by atoms with van der Waals surface area (Å²) in [5.41, 5.74) is 7.67. The number of aromatic nitrogens is 1. The first-order chi connectivity index (χ1) is 18.9. The van der Waals surface area contributed by atoms with Gasteiger partial charge in [0, 0.05) is 28.3 Å². The summed E-state index contributed by atoms with van der Waals surface area (Å²) in [6, 6.07) is 27.9. The molecule has 5 rings (SSSR count). The highest BCUT2D eigenvalue weighted by Gasteiger charge is 2.27. The molecule has 0 saturated carbocycles. The Morgan fingerprint density at radius 3 is 2.54 bits per heavy atom. The van der Waals surface area contributed by atoms with Gasteiger partial charge < -0.3 is 19.9 Å². The van der Waals surface area contributed by atoms with E-state index in [1.165, 1.54) is 17.3 Å². The maximum absolute atomic E-state index is 12.7. The van der Waals surface area contributed by atoms with Gasteiger partial charge in [-0.2, -0.15) is 5.26 Å². The Balaban J connectivity index is 1.28. The number of hydrogen-bond donors (Lipinski definition) is 2. The van der Waals surface area contributed by atoms with Gasteiger partial charge in [0.2, 0.25) is 0 Å². The summed E-state index contributed by atoms with van der Waals surface area (Å²) >= 11 is 1.49. The molecule has 7 heteroatoms. The average Bonchev–Trinajstić information content (AvgIpc) is 3.44. The Morgan fingerprint density at radius 1 is 1.08 bits per heavy atom. The number of hydrogen-bond acceptors (Lipinski definition) is 5. The molecule has 196 valence electrons. The first-order valence-electron chi connectivity index (χ1n) is 12.9. The molecule has 1 fully saturated rings. The minimum atomic E-state index is -0.215. The fourth-order valence-electron chi connectivity index (χ4n) is 4.63. The highest BCUT2D eigenvalue weighted by molar-refractivity contribution is 8.05. The van der Waals surface area contributed by atoms with Crippen LogP contribution in [0.5, 0.6) is 5.75 Å². The van der Waals surface area contributed by atoms with Gasteiger partial charge in [-0.05, 0) is 86.0 Å². The van der Waals surface area contributed by atoms with E-state index in [1.54, 1.807) is 6.07 Å². The second-order valence-corrected chi connectivity index (χ2v) is 10.5. The molecule has 1 saturated heterocycles. The lowest BCUT2D eigenvalue weighted by molar-refractivity contribution is -0.116. The van der Waals surface area contributed by atoms with Crippen molar-refractivity contribution < 1.29 is 9.53 Å². The zero-order chi connectivity index (χ0) is 27.4. The quantitative estimate of drug-likeness (QED) is 0.246. The van der Waals surface area contributed by atoms with Gasteiger partial charge in [0.1, 0.15) is 12.4 Å². The minimum Gasteiger partial charge on any atom is -0.489 e. The number of rotatable bonds is 8. The second-order valence-electron chi connectivity index (χ2n) is 9.39. The van der Waals surface area contributed by atoms with E-state index in [0.29, 0.717) is 17.1 Å². The van der Waals surface area contributed by atoms with Gasteiger partial charge >= 0.3 is 0 Å². The molecule has 0 bridgehead atoms. The predicted octanol–water partition coefficient (Wildman–Crippen LogP) is 6.71. The molecule has 1 atom stereocenters. The summed E-state index contributed by atoms with van der Waals surface area (Å²) in [5, 5.41) is 15.7. The molecule has 0 radical (unpaired) electrons. The minimum absolute atomic E-state index is 0.0769. The molecule has 1 aliphatic heterocycles. The molecule has 4 aromatic rings. The van der Waals surface area contributed by atoms with Crippen LogP contribution in [0.4, 0.5) is 5.69 Å². The molecule has 1 amide bonds. The summed E-state index contributed by atoms with van der Waals surface area (Å²) in [4.78, 5) is 13.4. The van der Waals surface area contributed by atoms with Gasteiger partial charge in [-0.1, -0.05) is 49.0 Å². The normalized spacial score (nSPS) is 15.7. The van der Waals surface area contributed by atoms with Crippen LogP contribution in [0.15, 0.2) is 83.8 Å². The van der Waals surface area contributed by atoms with Gasteiger partial charge in [0.15, 0.2) is 5.50 Å². The first-order valence-corrected chi connectivity index (χ1v) is 13.8. The maximum Gasteiger partial charge on any atom is 0.260 e. The number of thioether (sulfide) groups is 1. The van der Waals surface area contributed by atoms with E-state index < -0.39 is 0 Å². The van der Waals surface area contributed by atoms with Crippen LogP contribution in [0.25, 0.3) is 11.8 Å². The van der Waals surface area contributed by atoms with Gasteiger partial charge in [0.25, 0.3) is 5.91 Å². The third-order valence-corrected chi connectivity index (χ3v) is 7.80. The smallest absolute Gasteiger partial charge is 0.260 e. The highest BCUT2D eigenvalue weighted by Crippen LogP contribution is 2.32. The van der Waals surface area contributed by atoms with Crippen molar-refractivity contribution in [3.63, 3.8) is 0 Å². The topological polar surface area (TPSA) is 79.1 Å². The zero-order valence-corrected chi connectivity index (χ0v) is 23.0. The van der Waals surface area contributed by atoms with E-state index in [1.807, 2.05) is 60.7 Å². The van der Waals surface area contributed by atoms with Crippen molar-refractivity contribution in [2.45, 2.75) is 39.3 Å². The van der Waals surface area contributed by atoms with Crippen LogP contribution in [0.1, 0.15) is 40.6 Å². The number of carbonyl (C=O) groups excluding carboxylic acids is 1. The van der Waals surface area contributed by atoms with Crippen LogP contribution >= 0.6 is 11.8 Å². The van der Waals surface area contributed by atoms with Gasteiger partial charge in [-0.3, -0.25) is 4.79 Å². The number of anilines is 1. The first kappa shape index (κ1) is 26.2. The molecule has 2 heterocycles. The Bertz CT molecular complexity index is 1560. The highest BCUT2D eigenvalue weighted by atomic mass is 32.2. The van der Waals surface area contributed by atoms with Crippen molar-refractivity contribution in [2.24, 2.45) is 0 Å². The number of aryl methyl sites for hydroxylation is 2. The summed E-state index contributed by atoms with van der Waals surface area (Å²) in [7, 11) is 0. The fourth-order valence-corrected chi connectivity index (χ4v) is 5.61. The molecule has 39 heavy (non-hydrogen) atoms. The molecule has 1 aromatic heterocycles. The third kappa shape index (κ3) is 5.87. The number of nitriles is 1. The van der Waals surface area contributed by atoms with E-state index in [4.69, 9.17) is 4.74 Å². The number of benzene rings is 3. The van der Waals surface area contributed by atoms with E-state index >= 15 is 0 Å².